The summed E-state index contributed by atoms with van der Waals surface area (Å²) in [6.45, 7) is 9.26. The number of rotatable bonds is 7. The first-order valence-electron chi connectivity index (χ1n) is 17.2. The molecule has 0 aliphatic carbocycles. The number of carbonyl (C=O) groups is 5. The van der Waals surface area contributed by atoms with Crippen LogP contribution in [0.2, 0.25) is 0 Å². The van der Waals surface area contributed by atoms with Gasteiger partial charge in [0, 0.05) is 74.9 Å². The van der Waals surface area contributed by atoms with Crippen LogP contribution in [0.1, 0.15) is 90.3 Å². The third-order valence-electron chi connectivity index (χ3n) is 9.65. The maximum Gasteiger partial charge on any atom is 0.264 e. The van der Waals surface area contributed by atoms with E-state index in [1.165, 1.54) is 0 Å². The van der Waals surface area contributed by atoms with E-state index in [1.54, 1.807) is 24.4 Å². The second-order valence-electron chi connectivity index (χ2n) is 12.7. The predicted molar refractivity (Wildman–Crippen MR) is 181 cm³/mol. The van der Waals surface area contributed by atoms with Crippen molar-refractivity contribution in [1.82, 2.24) is 34.9 Å². The van der Waals surface area contributed by atoms with Gasteiger partial charge in [-0.3, -0.25) is 38.9 Å². The summed E-state index contributed by atoms with van der Waals surface area (Å²) in [5.41, 5.74) is 2.88. The summed E-state index contributed by atoms with van der Waals surface area (Å²) in [5.74, 6) is -1.15. The van der Waals surface area contributed by atoms with E-state index < -0.39 is 29.7 Å². The van der Waals surface area contributed by atoms with Crippen LogP contribution in [0.25, 0.3) is 0 Å². The summed E-state index contributed by atoms with van der Waals surface area (Å²) in [7, 11) is 0. The highest BCUT2D eigenvalue weighted by atomic mass is 16.2. The van der Waals surface area contributed by atoms with Gasteiger partial charge in [-0.05, 0) is 56.7 Å². The number of piperidine rings is 3. The van der Waals surface area contributed by atoms with Crippen molar-refractivity contribution in [3.8, 4) is 0 Å². The molecule has 49 heavy (non-hydrogen) atoms. The van der Waals surface area contributed by atoms with Gasteiger partial charge in [0.2, 0.25) is 23.7 Å². The van der Waals surface area contributed by atoms with Crippen LogP contribution >= 0.6 is 0 Å². The van der Waals surface area contributed by atoms with Gasteiger partial charge in [0.05, 0.1) is 23.4 Å². The summed E-state index contributed by atoms with van der Waals surface area (Å²) in [6.07, 6.45) is 10.8. The minimum absolute atomic E-state index is 0.0216. The fraction of sp³-hybridized carbons (Fsp3) is 0.486. The monoisotopic (exact) mass is 669 g/mol. The van der Waals surface area contributed by atoms with Gasteiger partial charge in [-0.1, -0.05) is 19.9 Å². The highest BCUT2D eigenvalue weighted by Crippen LogP contribution is 2.33. The van der Waals surface area contributed by atoms with Crippen molar-refractivity contribution in [2.24, 2.45) is 5.92 Å². The standard InChI is InChI=1S/C33H37N9O5.C2H6/c1-20-15-35-33(36-16-20)40-11-7-22(8-12-40)30(45)39-13-9-23(10-14-39)41-19-21(18-37-41)17-34-25-4-2-3-24-28(25)32(47)42(31(24)46)26-5-6-27(43)38-29(26)44;1-2/h2-4,15-16,18-19,22-23,26,34H,5-14,17H2,1H3,(H,38,43,44);1-2H3. The Kier molecular flexibility index (Phi) is 10.0. The van der Waals surface area contributed by atoms with E-state index in [4.69, 9.17) is 0 Å². The van der Waals surface area contributed by atoms with E-state index in [9.17, 15) is 24.0 Å². The van der Waals surface area contributed by atoms with Crippen molar-refractivity contribution in [1.29, 1.82) is 0 Å². The summed E-state index contributed by atoms with van der Waals surface area (Å²) in [5, 5.41) is 10.1. The summed E-state index contributed by atoms with van der Waals surface area (Å²) >= 11 is 0. The molecular weight excluding hydrogens is 626 g/mol. The molecule has 258 valence electrons. The number of anilines is 2. The predicted octanol–water partition coefficient (Wildman–Crippen LogP) is 3.10. The average Bonchev–Trinajstić information content (AvgIpc) is 3.71. The van der Waals surface area contributed by atoms with Crippen LogP contribution < -0.4 is 15.5 Å². The molecule has 6 heterocycles. The van der Waals surface area contributed by atoms with Gasteiger partial charge in [-0.25, -0.2) is 9.97 Å². The molecule has 14 nitrogen and oxygen atoms in total. The third kappa shape index (κ3) is 6.90. The number of carbonyl (C=O) groups excluding carboxylic acids is 5. The Bertz CT molecular complexity index is 1720. The van der Waals surface area contributed by atoms with Crippen molar-refractivity contribution >= 4 is 41.2 Å². The normalized spacial score (nSPS) is 20.1. The highest BCUT2D eigenvalue weighted by Gasteiger charge is 2.45. The van der Waals surface area contributed by atoms with Crippen LogP contribution in [0.3, 0.4) is 0 Å². The Labute approximate surface area is 285 Å². The Morgan fingerprint density at radius 1 is 0.918 bits per heavy atom. The number of hydrogen-bond acceptors (Lipinski definition) is 10. The number of nitrogens with one attached hydrogen (secondary N) is 2. The lowest BCUT2D eigenvalue weighted by molar-refractivity contribution is -0.138. The van der Waals surface area contributed by atoms with Gasteiger partial charge < -0.3 is 15.1 Å². The first-order valence-corrected chi connectivity index (χ1v) is 17.2. The van der Waals surface area contributed by atoms with Crippen molar-refractivity contribution in [2.75, 3.05) is 36.4 Å². The Morgan fingerprint density at radius 3 is 2.33 bits per heavy atom. The van der Waals surface area contributed by atoms with Gasteiger partial charge in [0.25, 0.3) is 11.8 Å². The molecule has 3 fully saturated rings. The van der Waals surface area contributed by atoms with Crippen molar-refractivity contribution in [3.05, 3.63) is 65.2 Å². The minimum Gasteiger partial charge on any atom is -0.380 e. The number of likely N-dealkylation sites (tertiary alicyclic amines) is 1. The molecule has 0 bridgehead atoms. The number of amides is 5. The molecule has 2 aromatic heterocycles. The topological polar surface area (TPSA) is 163 Å². The zero-order valence-electron chi connectivity index (χ0n) is 28.2. The molecule has 3 saturated heterocycles. The zero-order chi connectivity index (χ0) is 34.7. The maximum atomic E-state index is 13.4. The van der Waals surface area contributed by atoms with Crippen LogP contribution in [-0.2, 0) is 20.9 Å². The van der Waals surface area contributed by atoms with Crippen LogP contribution in [0.15, 0.2) is 43.0 Å². The Balaban J connectivity index is 0.00000205. The van der Waals surface area contributed by atoms with Gasteiger partial charge >= 0.3 is 0 Å². The molecule has 0 spiro atoms. The van der Waals surface area contributed by atoms with Crippen molar-refractivity contribution < 1.29 is 24.0 Å². The fourth-order valence-corrected chi connectivity index (χ4v) is 7.01. The van der Waals surface area contributed by atoms with E-state index in [2.05, 4.69) is 30.6 Å². The lowest BCUT2D eigenvalue weighted by Crippen LogP contribution is -2.54. The number of aryl methyl sites for hydroxylation is 1. The smallest absolute Gasteiger partial charge is 0.264 e. The van der Waals surface area contributed by atoms with Crippen LogP contribution in [0.4, 0.5) is 11.6 Å². The number of fused-ring (bicyclic) bond motifs is 1. The molecule has 4 aliphatic heterocycles. The summed E-state index contributed by atoms with van der Waals surface area (Å²) < 4.78 is 1.95. The van der Waals surface area contributed by atoms with E-state index in [0.717, 1.165) is 60.7 Å². The lowest BCUT2D eigenvalue weighted by Gasteiger charge is -2.37. The molecule has 1 aromatic carbocycles. The first kappa shape index (κ1) is 33.7. The maximum absolute atomic E-state index is 13.4. The van der Waals surface area contributed by atoms with Crippen LogP contribution in [0, 0.1) is 12.8 Å². The van der Waals surface area contributed by atoms with Crippen LogP contribution in [-0.4, -0.2) is 91.3 Å². The number of benzene rings is 1. The Hall–Kier alpha value is -5.14. The molecule has 1 unspecified atom stereocenters. The molecule has 4 aliphatic rings. The molecule has 2 N–H and O–H groups in total. The quantitative estimate of drug-likeness (QED) is 0.358. The molecule has 0 radical (unpaired) electrons. The van der Waals surface area contributed by atoms with E-state index in [0.29, 0.717) is 25.3 Å². The second kappa shape index (κ2) is 14.5. The Morgan fingerprint density at radius 2 is 1.63 bits per heavy atom. The number of aromatic nitrogens is 4. The number of hydrogen-bond donors (Lipinski definition) is 2. The molecule has 14 heteroatoms. The average molecular weight is 670 g/mol. The zero-order valence-corrected chi connectivity index (χ0v) is 28.2. The van der Waals surface area contributed by atoms with Gasteiger partial charge in [-0.15, -0.1) is 0 Å². The summed E-state index contributed by atoms with van der Waals surface area (Å²) in [4.78, 5) is 77.8. The molecule has 7 rings (SSSR count). The third-order valence-corrected chi connectivity index (χ3v) is 9.65. The number of imide groups is 2. The molecule has 3 aromatic rings. The summed E-state index contributed by atoms with van der Waals surface area (Å²) in [6, 6.07) is 4.16. The largest absolute Gasteiger partial charge is 0.380 e. The van der Waals surface area contributed by atoms with Gasteiger partial charge in [0.15, 0.2) is 0 Å². The van der Waals surface area contributed by atoms with E-state index >= 15 is 0 Å². The van der Waals surface area contributed by atoms with Crippen molar-refractivity contribution in [2.45, 2.75) is 77.9 Å². The van der Waals surface area contributed by atoms with E-state index in [1.807, 2.05) is 48.9 Å². The fourth-order valence-electron chi connectivity index (χ4n) is 7.01. The first-order chi connectivity index (χ1) is 23.8. The minimum atomic E-state index is -1.01. The number of nitrogens with zero attached hydrogens (tertiary/aromatic N) is 7. The lowest BCUT2D eigenvalue weighted by atomic mass is 9.94. The molecule has 0 saturated carbocycles. The van der Waals surface area contributed by atoms with E-state index in [-0.39, 0.29) is 41.8 Å². The SMILES string of the molecule is CC.Cc1cnc(N2CCC(C(=O)N3CCC(n4cc(CNc5cccc6c5C(=O)N(C5CCC(=O)NC5=O)C6=O)cn4)CC3)CC2)nc1. The van der Waals surface area contributed by atoms with Crippen LogP contribution in [0.5, 0.6) is 0 Å². The molecule has 1 atom stereocenters. The molecular formula is C35H43N9O5. The molecule has 5 amide bonds. The second-order valence-corrected chi connectivity index (χ2v) is 12.7. The van der Waals surface area contributed by atoms with Gasteiger partial charge in [-0.2, -0.15) is 5.10 Å². The highest BCUT2D eigenvalue weighted by molar-refractivity contribution is 6.25. The van der Waals surface area contributed by atoms with Crippen molar-refractivity contribution in [3.63, 3.8) is 0 Å². The van der Waals surface area contributed by atoms with Gasteiger partial charge in [0.1, 0.15) is 6.04 Å².